The van der Waals surface area contributed by atoms with Crippen LogP contribution in [0, 0.1) is 5.82 Å². The first-order valence-electron chi connectivity index (χ1n) is 11.1. The van der Waals surface area contributed by atoms with Crippen molar-refractivity contribution in [3.63, 3.8) is 0 Å². The number of hydrogen-bond donors (Lipinski definition) is 1. The number of nitrogens with one attached hydrogen (secondary N) is 1. The molecule has 190 valence electrons. The maximum absolute atomic E-state index is 14.9. The number of alkyl halides is 3. The van der Waals surface area contributed by atoms with Gasteiger partial charge < -0.3 is 8.99 Å². The molecule has 11 heteroatoms. The molecule has 0 aliphatic rings. The minimum Gasteiger partial charge on any atom is -0.417 e. The number of amides is 1. The van der Waals surface area contributed by atoms with Crippen molar-refractivity contribution in [2.45, 2.75) is 58.0 Å². The predicted molar refractivity (Wildman–Crippen MR) is 135 cm³/mol. The molecule has 0 aliphatic carbocycles. The third-order valence-corrected chi connectivity index (χ3v) is 11.2. The normalized spacial score (nSPS) is 12.9. The summed E-state index contributed by atoms with van der Waals surface area (Å²) in [6.07, 6.45) is -4.05. The van der Waals surface area contributed by atoms with Crippen LogP contribution in [0.15, 0.2) is 40.9 Å². The Morgan fingerprint density at radius 3 is 2.49 bits per heavy atom. The summed E-state index contributed by atoms with van der Waals surface area (Å²) in [5.41, 5.74) is -0.612. The van der Waals surface area contributed by atoms with E-state index in [0.717, 1.165) is 18.2 Å². The summed E-state index contributed by atoms with van der Waals surface area (Å²) >= 11 is 3.24. The van der Waals surface area contributed by atoms with Crippen LogP contribution in [-0.2, 0) is 17.1 Å². The molecule has 1 aromatic heterocycles. The van der Waals surface area contributed by atoms with Crippen molar-refractivity contribution in [3.8, 4) is 0 Å². The SMILES string of the molecule is CC(C)(C)[Si](C)(C)OCCCn1c(NC(=O)c2cccc(C(F)(F)F)c2)nc2cc(Br)cc(F)c21. The van der Waals surface area contributed by atoms with E-state index in [9.17, 15) is 22.4 Å². The highest BCUT2D eigenvalue weighted by Crippen LogP contribution is 2.36. The molecular formula is C24H28BrF4N3O2Si. The number of rotatable bonds is 7. The number of aromatic nitrogens is 2. The van der Waals surface area contributed by atoms with E-state index >= 15 is 0 Å². The summed E-state index contributed by atoms with van der Waals surface area (Å²) in [6, 6.07) is 7.01. The smallest absolute Gasteiger partial charge is 0.416 e. The van der Waals surface area contributed by atoms with Gasteiger partial charge in [-0.05, 0) is 54.9 Å². The van der Waals surface area contributed by atoms with Gasteiger partial charge in [0.1, 0.15) is 11.3 Å². The Kier molecular flexibility index (Phi) is 7.83. The zero-order valence-electron chi connectivity index (χ0n) is 20.2. The van der Waals surface area contributed by atoms with Crippen LogP contribution in [0.2, 0.25) is 18.1 Å². The molecule has 1 amide bonds. The fourth-order valence-corrected chi connectivity index (χ4v) is 4.78. The molecule has 2 aromatic carbocycles. The van der Waals surface area contributed by atoms with Gasteiger partial charge in [-0.25, -0.2) is 9.37 Å². The minimum atomic E-state index is -4.58. The van der Waals surface area contributed by atoms with E-state index in [4.69, 9.17) is 4.43 Å². The van der Waals surface area contributed by atoms with Gasteiger partial charge in [0.15, 0.2) is 8.32 Å². The van der Waals surface area contributed by atoms with Crippen LogP contribution in [-0.4, -0.2) is 30.4 Å². The largest absolute Gasteiger partial charge is 0.417 e. The highest BCUT2D eigenvalue weighted by atomic mass is 79.9. The molecule has 5 nitrogen and oxygen atoms in total. The molecule has 0 atom stereocenters. The minimum absolute atomic E-state index is 0.0389. The van der Waals surface area contributed by atoms with Gasteiger partial charge in [-0.2, -0.15) is 13.2 Å². The number of aryl methyl sites for hydroxylation is 1. The van der Waals surface area contributed by atoms with E-state index in [2.05, 4.69) is 60.1 Å². The summed E-state index contributed by atoms with van der Waals surface area (Å²) in [5, 5.41) is 2.59. The summed E-state index contributed by atoms with van der Waals surface area (Å²) < 4.78 is 62.3. The molecular weight excluding hydrogens is 546 g/mol. The number of anilines is 1. The topological polar surface area (TPSA) is 56.1 Å². The molecule has 0 spiro atoms. The molecule has 0 saturated heterocycles. The van der Waals surface area contributed by atoms with Gasteiger partial charge >= 0.3 is 6.18 Å². The molecule has 3 aromatic rings. The third-order valence-electron chi connectivity index (χ3n) is 6.23. The zero-order chi connectivity index (χ0) is 26.2. The van der Waals surface area contributed by atoms with E-state index in [-0.39, 0.29) is 22.1 Å². The van der Waals surface area contributed by atoms with Gasteiger partial charge in [0, 0.05) is 23.2 Å². The Bertz CT molecular complexity index is 1240. The quantitative estimate of drug-likeness (QED) is 0.180. The van der Waals surface area contributed by atoms with Crippen molar-refractivity contribution >= 4 is 47.1 Å². The van der Waals surface area contributed by atoms with Gasteiger partial charge in [0.25, 0.3) is 5.91 Å². The standard InChI is InChI=1S/C24H28BrF4N3O2Si/c1-23(2,3)35(4,5)34-11-7-10-32-20-18(26)13-17(25)14-19(20)30-22(32)31-21(33)15-8-6-9-16(12-15)24(27,28)29/h6,8-9,12-14H,7,10-11H2,1-5H3,(H,30,31,33). The number of benzene rings is 2. The van der Waals surface area contributed by atoms with Gasteiger partial charge in [0.2, 0.25) is 5.95 Å². The van der Waals surface area contributed by atoms with Gasteiger partial charge in [0.05, 0.1) is 11.1 Å². The fourth-order valence-electron chi connectivity index (χ4n) is 3.28. The Morgan fingerprint density at radius 2 is 1.86 bits per heavy atom. The lowest BCUT2D eigenvalue weighted by molar-refractivity contribution is -0.137. The lowest BCUT2D eigenvalue weighted by Crippen LogP contribution is -2.41. The second-order valence-electron chi connectivity index (χ2n) is 9.84. The van der Waals surface area contributed by atoms with Crippen LogP contribution in [0.25, 0.3) is 11.0 Å². The molecule has 0 bridgehead atoms. The number of carbonyl (C=O) groups is 1. The molecule has 0 fully saturated rings. The highest BCUT2D eigenvalue weighted by molar-refractivity contribution is 9.10. The van der Waals surface area contributed by atoms with Crippen molar-refractivity contribution in [2.24, 2.45) is 0 Å². The van der Waals surface area contributed by atoms with E-state index in [1.54, 1.807) is 6.07 Å². The van der Waals surface area contributed by atoms with E-state index in [1.165, 1.54) is 16.7 Å². The molecule has 0 unspecified atom stereocenters. The van der Waals surface area contributed by atoms with Gasteiger partial charge in [-0.15, -0.1) is 0 Å². The lowest BCUT2D eigenvalue weighted by Gasteiger charge is -2.36. The van der Waals surface area contributed by atoms with Crippen LogP contribution in [0.5, 0.6) is 0 Å². The van der Waals surface area contributed by atoms with Gasteiger partial charge in [-0.1, -0.05) is 42.8 Å². The Morgan fingerprint density at radius 1 is 1.17 bits per heavy atom. The van der Waals surface area contributed by atoms with E-state index < -0.39 is 31.8 Å². The molecule has 0 radical (unpaired) electrons. The zero-order valence-corrected chi connectivity index (χ0v) is 22.8. The second kappa shape index (κ2) is 10.0. The maximum Gasteiger partial charge on any atom is 0.416 e. The summed E-state index contributed by atoms with van der Waals surface area (Å²) in [7, 11) is -1.97. The second-order valence-corrected chi connectivity index (χ2v) is 15.6. The molecule has 0 saturated carbocycles. The first-order chi connectivity index (χ1) is 16.1. The maximum atomic E-state index is 14.9. The van der Waals surface area contributed by atoms with Crippen molar-refractivity contribution in [1.29, 1.82) is 0 Å². The summed E-state index contributed by atoms with van der Waals surface area (Å²) in [4.78, 5) is 17.1. The molecule has 0 aliphatic heterocycles. The molecule has 35 heavy (non-hydrogen) atoms. The van der Waals surface area contributed by atoms with Crippen molar-refractivity contribution < 1.29 is 26.8 Å². The van der Waals surface area contributed by atoms with Crippen LogP contribution in [0.1, 0.15) is 43.1 Å². The number of nitrogens with zero attached hydrogens (tertiary/aromatic N) is 2. The van der Waals surface area contributed by atoms with Crippen LogP contribution in [0.4, 0.5) is 23.5 Å². The Hall–Kier alpha value is -2.24. The predicted octanol–water partition coefficient (Wildman–Crippen LogP) is 7.62. The number of fused-ring (bicyclic) bond motifs is 1. The molecule has 3 rings (SSSR count). The van der Waals surface area contributed by atoms with Crippen LogP contribution in [0.3, 0.4) is 0 Å². The average molecular weight is 574 g/mol. The first-order valence-corrected chi connectivity index (χ1v) is 14.8. The number of hydrogen-bond acceptors (Lipinski definition) is 3. The number of halogens is 5. The first kappa shape index (κ1) is 27.3. The van der Waals surface area contributed by atoms with Crippen LogP contribution < -0.4 is 5.32 Å². The van der Waals surface area contributed by atoms with E-state index in [0.29, 0.717) is 29.6 Å². The van der Waals surface area contributed by atoms with Crippen molar-refractivity contribution in [3.05, 3.63) is 57.8 Å². The molecule has 1 heterocycles. The Balaban J connectivity index is 1.88. The third kappa shape index (κ3) is 6.31. The monoisotopic (exact) mass is 573 g/mol. The average Bonchev–Trinajstić information content (AvgIpc) is 3.06. The number of carbonyl (C=O) groups excluding carboxylic acids is 1. The van der Waals surface area contributed by atoms with Gasteiger partial charge in [-0.3, -0.25) is 10.1 Å². The Labute approximate surface area is 211 Å². The summed E-state index contributed by atoms with van der Waals surface area (Å²) in [5.74, 6) is -1.26. The summed E-state index contributed by atoms with van der Waals surface area (Å²) in [6.45, 7) is 11.4. The molecule has 1 N–H and O–H groups in total. The van der Waals surface area contributed by atoms with Crippen molar-refractivity contribution in [2.75, 3.05) is 11.9 Å². The number of imidazole rings is 1. The highest BCUT2D eigenvalue weighted by Gasteiger charge is 2.37. The lowest BCUT2D eigenvalue weighted by atomic mass is 10.1. The van der Waals surface area contributed by atoms with E-state index in [1.807, 2.05) is 0 Å². The fraction of sp³-hybridized carbons (Fsp3) is 0.417. The van der Waals surface area contributed by atoms with Crippen LogP contribution >= 0.6 is 15.9 Å². The van der Waals surface area contributed by atoms with Crippen molar-refractivity contribution in [1.82, 2.24) is 9.55 Å².